The molecule has 18 heavy (non-hydrogen) atoms. The van der Waals surface area contributed by atoms with Gasteiger partial charge in [-0.05, 0) is 18.6 Å². The Labute approximate surface area is 114 Å². The van der Waals surface area contributed by atoms with E-state index in [0.29, 0.717) is 17.3 Å². The molecule has 1 N–H and O–H groups in total. The third kappa shape index (κ3) is 2.98. The molecule has 0 aliphatic carbocycles. The Balaban J connectivity index is 2.13. The van der Waals surface area contributed by atoms with Gasteiger partial charge in [0.2, 0.25) is 5.91 Å². The van der Waals surface area contributed by atoms with Gasteiger partial charge in [-0.3, -0.25) is 4.79 Å². The number of aromatic nitrogens is 1. The molecule has 0 spiro atoms. The molecule has 0 bridgehead atoms. The molecule has 0 unspecified atom stereocenters. The number of fused-ring (bicyclic) bond motifs is 1. The fourth-order valence-electron chi connectivity index (χ4n) is 1.51. The number of carbonyl (C=O) groups excluding carboxylic acids is 1. The molecule has 0 aliphatic heterocycles. The number of benzene rings is 1. The molecule has 4 nitrogen and oxygen atoms in total. The maximum atomic E-state index is 11.7. The van der Waals surface area contributed by atoms with E-state index < -0.39 is 0 Å². The summed E-state index contributed by atoms with van der Waals surface area (Å²) in [4.78, 5) is 15.9. The standard InChI is InChI=1S/C12H13ClN2O2S/c1-2-5-17-6-10(16)15-11-8(13)3-4-9-12(11)14-7-18-9/h3-4,7H,2,5-6H2,1H3,(H,15,16). The lowest BCUT2D eigenvalue weighted by Crippen LogP contribution is -2.19. The van der Waals surface area contributed by atoms with E-state index in [1.54, 1.807) is 11.6 Å². The lowest BCUT2D eigenvalue weighted by molar-refractivity contribution is -0.120. The second kappa shape index (κ2) is 6.13. The second-order valence-electron chi connectivity index (χ2n) is 3.72. The van der Waals surface area contributed by atoms with E-state index >= 15 is 0 Å². The average molecular weight is 285 g/mol. The minimum atomic E-state index is -0.217. The topological polar surface area (TPSA) is 51.2 Å². The molecular formula is C12H13ClN2O2S. The number of halogens is 1. The van der Waals surface area contributed by atoms with E-state index in [9.17, 15) is 4.79 Å². The molecule has 0 radical (unpaired) electrons. The predicted molar refractivity (Wildman–Crippen MR) is 74.4 cm³/mol. The van der Waals surface area contributed by atoms with Crippen molar-refractivity contribution in [1.29, 1.82) is 0 Å². The molecule has 1 heterocycles. The van der Waals surface area contributed by atoms with Crippen LogP contribution < -0.4 is 5.32 Å². The van der Waals surface area contributed by atoms with Crippen molar-refractivity contribution >= 4 is 44.7 Å². The first kappa shape index (κ1) is 13.3. The van der Waals surface area contributed by atoms with Crippen molar-refractivity contribution in [2.24, 2.45) is 0 Å². The van der Waals surface area contributed by atoms with Crippen LogP contribution in [0, 0.1) is 0 Å². The van der Waals surface area contributed by atoms with Gasteiger partial charge in [0.05, 0.1) is 20.9 Å². The van der Waals surface area contributed by atoms with Gasteiger partial charge in [0.25, 0.3) is 0 Å². The summed E-state index contributed by atoms with van der Waals surface area (Å²) in [6, 6.07) is 3.64. The number of ether oxygens (including phenoxy) is 1. The Kier molecular flexibility index (Phi) is 4.52. The Bertz CT molecular complexity index is 556. The molecule has 0 atom stereocenters. The quantitative estimate of drug-likeness (QED) is 0.857. The highest BCUT2D eigenvalue weighted by Gasteiger charge is 2.11. The van der Waals surface area contributed by atoms with Crippen LogP contribution in [-0.4, -0.2) is 24.1 Å². The summed E-state index contributed by atoms with van der Waals surface area (Å²) >= 11 is 7.58. The molecule has 1 aromatic heterocycles. The van der Waals surface area contributed by atoms with Crippen molar-refractivity contribution in [2.45, 2.75) is 13.3 Å². The summed E-state index contributed by atoms with van der Waals surface area (Å²) in [5.74, 6) is -0.217. The van der Waals surface area contributed by atoms with E-state index in [2.05, 4.69) is 10.3 Å². The van der Waals surface area contributed by atoms with E-state index in [4.69, 9.17) is 16.3 Å². The number of hydrogen-bond acceptors (Lipinski definition) is 4. The first-order valence-corrected chi connectivity index (χ1v) is 6.87. The predicted octanol–water partition coefficient (Wildman–Crippen LogP) is 3.31. The van der Waals surface area contributed by atoms with E-state index in [1.807, 2.05) is 13.0 Å². The largest absolute Gasteiger partial charge is 0.372 e. The summed E-state index contributed by atoms with van der Waals surface area (Å²) < 4.78 is 6.17. The third-order valence-corrected chi connectivity index (χ3v) is 3.41. The number of nitrogens with zero attached hydrogens (tertiary/aromatic N) is 1. The smallest absolute Gasteiger partial charge is 0.250 e. The molecule has 6 heteroatoms. The summed E-state index contributed by atoms with van der Waals surface area (Å²) in [6.45, 7) is 2.59. The first-order valence-electron chi connectivity index (χ1n) is 5.61. The average Bonchev–Trinajstić information content (AvgIpc) is 2.82. The van der Waals surface area contributed by atoms with E-state index in [-0.39, 0.29) is 12.5 Å². The van der Waals surface area contributed by atoms with Gasteiger partial charge >= 0.3 is 0 Å². The van der Waals surface area contributed by atoms with Crippen LogP contribution >= 0.6 is 22.9 Å². The molecule has 1 aromatic carbocycles. The summed E-state index contributed by atoms with van der Waals surface area (Å²) in [6.07, 6.45) is 0.885. The van der Waals surface area contributed by atoms with E-state index in [0.717, 1.165) is 16.6 Å². The fraction of sp³-hybridized carbons (Fsp3) is 0.333. The number of nitrogens with one attached hydrogen (secondary N) is 1. The van der Waals surface area contributed by atoms with Crippen LogP contribution in [0.5, 0.6) is 0 Å². The zero-order valence-electron chi connectivity index (χ0n) is 9.90. The first-order chi connectivity index (χ1) is 8.72. The number of amides is 1. The lowest BCUT2D eigenvalue weighted by Gasteiger charge is -2.08. The van der Waals surface area contributed by atoms with Gasteiger partial charge in [-0.2, -0.15) is 0 Å². The van der Waals surface area contributed by atoms with Crippen molar-refractivity contribution in [1.82, 2.24) is 4.98 Å². The number of anilines is 1. The van der Waals surface area contributed by atoms with Crippen LogP contribution in [0.3, 0.4) is 0 Å². The van der Waals surface area contributed by atoms with Gasteiger partial charge in [-0.25, -0.2) is 4.98 Å². The minimum absolute atomic E-state index is 0.0324. The lowest BCUT2D eigenvalue weighted by atomic mass is 10.3. The molecule has 0 saturated carbocycles. The van der Waals surface area contributed by atoms with Gasteiger partial charge in [-0.1, -0.05) is 18.5 Å². The van der Waals surface area contributed by atoms with Gasteiger partial charge in [0.15, 0.2) is 0 Å². The maximum absolute atomic E-state index is 11.7. The molecular weight excluding hydrogens is 272 g/mol. The number of thiazole rings is 1. The monoisotopic (exact) mass is 284 g/mol. The van der Waals surface area contributed by atoms with Crippen molar-refractivity contribution in [3.05, 3.63) is 22.7 Å². The molecule has 0 aliphatic rings. The summed E-state index contributed by atoms with van der Waals surface area (Å²) in [5, 5.41) is 3.23. The van der Waals surface area contributed by atoms with E-state index in [1.165, 1.54) is 11.3 Å². The van der Waals surface area contributed by atoms with Crippen molar-refractivity contribution in [2.75, 3.05) is 18.5 Å². The summed E-state index contributed by atoms with van der Waals surface area (Å²) in [5.41, 5.74) is 3.00. The molecule has 1 amide bonds. The van der Waals surface area contributed by atoms with Crippen molar-refractivity contribution in [3.63, 3.8) is 0 Å². The number of hydrogen-bond donors (Lipinski definition) is 1. The van der Waals surface area contributed by atoms with Crippen LogP contribution in [0.15, 0.2) is 17.6 Å². The van der Waals surface area contributed by atoms with Gasteiger partial charge in [0.1, 0.15) is 12.1 Å². The Hall–Kier alpha value is -1.17. The highest BCUT2D eigenvalue weighted by molar-refractivity contribution is 7.16. The normalized spacial score (nSPS) is 10.8. The van der Waals surface area contributed by atoms with Crippen LogP contribution in [-0.2, 0) is 9.53 Å². The SMILES string of the molecule is CCCOCC(=O)Nc1c(Cl)ccc2scnc12. The minimum Gasteiger partial charge on any atom is -0.372 e. The highest BCUT2D eigenvalue weighted by Crippen LogP contribution is 2.32. The van der Waals surface area contributed by atoms with Crippen molar-refractivity contribution < 1.29 is 9.53 Å². The Morgan fingerprint density at radius 2 is 2.39 bits per heavy atom. The molecule has 0 saturated heterocycles. The Morgan fingerprint density at radius 3 is 3.17 bits per heavy atom. The zero-order chi connectivity index (χ0) is 13.0. The molecule has 2 aromatic rings. The molecule has 0 fully saturated rings. The van der Waals surface area contributed by atoms with Gasteiger partial charge in [-0.15, -0.1) is 11.3 Å². The van der Waals surface area contributed by atoms with Crippen LogP contribution in [0.1, 0.15) is 13.3 Å². The third-order valence-electron chi connectivity index (χ3n) is 2.30. The second-order valence-corrected chi connectivity index (χ2v) is 5.02. The fourth-order valence-corrected chi connectivity index (χ4v) is 2.39. The van der Waals surface area contributed by atoms with Crippen molar-refractivity contribution in [3.8, 4) is 0 Å². The zero-order valence-corrected chi connectivity index (χ0v) is 11.5. The number of rotatable bonds is 5. The van der Waals surface area contributed by atoms with Crippen LogP contribution in [0.4, 0.5) is 5.69 Å². The molecule has 2 rings (SSSR count). The molecule has 96 valence electrons. The maximum Gasteiger partial charge on any atom is 0.250 e. The van der Waals surface area contributed by atoms with Crippen LogP contribution in [0.25, 0.3) is 10.2 Å². The highest BCUT2D eigenvalue weighted by atomic mass is 35.5. The Morgan fingerprint density at radius 1 is 1.56 bits per heavy atom. The summed E-state index contributed by atoms with van der Waals surface area (Å²) in [7, 11) is 0. The van der Waals surface area contributed by atoms with Crippen LogP contribution in [0.2, 0.25) is 5.02 Å². The number of carbonyl (C=O) groups is 1. The van der Waals surface area contributed by atoms with Gasteiger partial charge in [0, 0.05) is 6.61 Å². The van der Waals surface area contributed by atoms with Gasteiger partial charge < -0.3 is 10.1 Å².